The number of carbonyl (C=O) groups is 1. The predicted octanol–water partition coefficient (Wildman–Crippen LogP) is 3.57. The monoisotopic (exact) mass is 329 g/mol. The second-order valence-electron chi connectivity index (χ2n) is 6.52. The van der Waals surface area contributed by atoms with Crippen molar-refractivity contribution in [3.05, 3.63) is 51.5 Å². The minimum absolute atomic E-state index is 0.0425. The first-order valence-electron chi connectivity index (χ1n) is 8.03. The molecule has 122 valence electrons. The number of benzene rings is 1. The van der Waals surface area contributed by atoms with Gasteiger partial charge in [0, 0.05) is 23.4 Å². The molecule has 1 heterocycles. The third-order valence-corrected chi connectivity index (χ3v) is 4.97. The molecule has 1 aromatic heterocycles. The number of thiazole rings is 1. The van der Waals surface area contributed by atoms with Crippen molar-refractivity contribution in [3.63, 3.8) is 0 Å². The van der Waals surface area contributed by atoms with Crippen molar-refractivity contribution in [1.82, 2.24) is 15.2 Å². The van der Waals surface area contributed by atoms with Gasteiger partial charge >= 0.3 is 0 Å². The minimum atomic E-state index is -0.0660. The summed E-state index contributed by atoms with van der Waals surface area (Å²) in [5, 5.41) is 6.34. The van der Waals surface area contributed by atoms with Gasteiger partial charge in [-0.2, -0.15) is 0 Å². The molecule has 0 radical (unpaired) electrons. The van der Waals surface area contributed by atoms with Gasteiger partial charge in [0.25, 0.3) is 5.91 Å². The Hall–Kier alpha value is -1.72. The van der Waals surface area contributed by atoms with Gasteiger partial charge in [0.1, 0.15) is 0 Å². The fraction of sp³-hybridized carbons (Fsp3) is 0.444. The number of nitrogens with one attached hydrogen (secondary N) is 1. The number of hydrogen-bond donors (Lipinski definition) is 1. The number of rotatable bonds is 6. The van der Waals surface area contributed by atoms with Gasteiger partial charge in [0.15, 0.2) is 0 Å². The average Bonchev–Trinajstić information content (AvgIpc) is 3.24. The van der Waals surface area contributed by atoms with Gasteiger partial charge in [-0.15, -0.1) is 11.3 Å². The molecule has 1 fully saturated rings. The number of amides is 1. The SMILES string of the molecule is C[C@H](NC(=O)c1cccc(CN(C)C)c1)c1csc(C2CC2)n1. The molecule has 1 aromatic carbocycles. The second kappa shape index (κ2) is 6.81. The maximum Gasteiger partial charge on any atom is 0.251 e. The van der Waals surface area contributed by atoms with E-state index in [1.807, 2.05) is 45.3 Å². The molecule has 3 rings (SSSR count). The Balaban J connectivity index is 1.65. The summed E-state index contributed by atoms with van der Waals surface area (Å²) in [6.45, 7) is 2.82. The molecule has 1 atom stereocenters. The lowest BCUT2D eigenvalue weighted by molar-refractivity contribution is 0.0939. The van der Waals surface area contributed by atoms with Gasteiger partial charge in [-0.3, -0.25) is 4.79 Å². The fourth-order valence-electron chi connectivity index (χ4n) is 2.55. The van der Waals surface area contributed by atoms with E-state index in [0.717, 1.165) is 17.8 Å². The second-order valence-corrected chi connectivity index (χ2v) is 7.41. The maximum atomic E-state index is 12.5. The Morgan fingerprint density at radius 1 is 1.43 bits per heavy atom. The van der Waals surface area contributed by atoms with Crippen LogP contribution in [0.1, 0.15) is 58.3 Å². The molecule has 0 saturated heterocycles. The standard InChI is InChI=1S/C18H23N3OS/c1-12(16-11-23-18(20-16)14-7-8-14)19-17(22)15-6-4-5-13(9-15)10-21(2)3/h4-6,9,11-12,14H,7-8,10H2,1-3H3,(H,19,22)/t12-/m0/s1. The summed E-state index contributed by atoms with van der Waals surface area (Å²) in [6.07, 6.45) is 2.51. The zero-order chi connectivity index (χ0) is 16.4. The Labute approximate surface area is 141 Å². The van der Waals surface area contributed by atoms with Crippen LogP contribution in [0.15, 0.2) is 29.6 Å². The number of hydrogen-bond acceptors (Lipinski definition) is 4. The highest BCUT2D eigenvalue weighted by Gasteiger charge is 2.27. The van der Waals surface area contributed by atoms with Crippen LogP contribution in [0.25, 0.3) is 0 Å². The van der Waals surface area contributed by atoms with E-state index in [1.165, 1.54) is 17.8 Å². The molecule has 0 unspecified atom stereocenters. The Kier molecular flexibility index (Phi) is 4.78. The normalized spacial score (nSPS) is 15.7. The van der Waals surface area contributed by atoms with E-state index >= 15 is 0 Å². The van der Waals surface area contributed by atoms with E-state index in [2.05, 4.69) is 20.6 Å². The van der Waals surface area contributed by atoms with E-state index in [-0.39, 0.29) is 11.9 Å². The molecular formula is C18H23N3OS. The Morgan fingerprint density at radius 2 is 2.22 bits per heavy atom. The van der Waals surface area contributed by atoms with Crippen molar-refractivity contribution in [2.75, 3.05) is 14.1 Å². The summed E-state index contributed by atoms with van der Waals surface area (Å²) in [5.41, 5.74) is 2.81. The maximum absolute atomic E-state index is 12.5. The predicted molar refractivity (Wildman–Crippen MR) is 93.8 cm³/mol. The van der Waals surface area contributed by atoms with E-state index < -0.39 is 0 Å². The zero-order valence-corrected chi connectivity index (χ0v) is 14.7. The molecule has 5 heteroatoms. The summed E-state index contributed by atoms with van der Waals surface area (Å²) >= 11 is 1.71. The average molecular weight is 329 g/mol. The van der Waals surface area contributed by atoms with Crippen molar-refractivity contribution in [2.24, 2.45) is 0 Å². The molecule has 1 aliphatic carbocycles. The lowest BCUT2D eigenvalue weighted by atomic mass is 10.1. The lowest BCUT2D eigenvalue weighted by Gasteiger charge is -2.13. The first-order chi connectivity index (χ1) is 11.0. The highest BCUT2D eigenvalue weighted by molar-refractivity contribution is 7.09. The minimum Gasteiger partial charge on any atom is -0.344 e. The highest BCUT2D eigenvalue weighted by Crippen LogP contribution is 2.41. The molecule has 4 nitrogen and oxygen atoms in total. The van der Waals surface area contributed by atoms with Gasteiger partial charge in [0.2, 0.25) is 0 Å². The van der Waals surface area contributed by atoms with E-state index in [1.54, 1.807) is 11.3 Å². The molecule has 1 aliphatic rings. The smallest absolute Gasteiger partial charge is 0.251 e. The van der Waals surface area contributed by atoms with E-state index in [4.69, 9.17) is 0 Å². The quantitative estimate of drug-likeness (QED) is 0.881. The Morgan fingerprint density at radius 3 is 2.91 bits per heavy atom. The van der Waals surface area contributed by atoms with Crippen LogP contribution in [0.4, 0.5) is 0 Å². The van der Waals surface area contributed by atoms with Gasteiger partial charge in [-0.25, -0.2) is 4.98 Å². The third-order valence-electron chi connectivity index (χ3n) is 3.95. The van der Waals surface area contributed by atoms with E-state index in [9.17, 15) is 4.79 Å². The summed E-state index contributed by atoms with van der Waals surface area (Å²) in [4.78, 5) is 19.2. The molecule has 0 bridgehead atoms. The molecule has 2 aromatic rings. The van der Waals surface area contributed by atoms with Gasteiger partial charge in [-0.05, 0) is 51.6 Å². The van der Waals surface area contributed by atoms with Crippen LogP contribution in [-0.2, 0) is 6.54 Å². The van der Waals surface area contributed by atoms with Gasteiger partial charge < -0.3 is 10.2 Å². The molecule has 0 spiro atoms. The summed E-state index contributed by atoms with van der Waals surface area (Å²) in [6, 6.07) is 7.73. The van der Waals surface area contributed by atoms with E-state index in [0.29, 0.717) is 11.5 Å². The van der Waals surface area contributed by atoms with Crippen LogP contribution in [0, 0.1) is 0 Å². The van der Waals surface area contributed by atoms with Crippen molar-refractivity contribution in [3.8, 4) is 0 Å². The topological polar surface area (TPSA) is 45.2 Å². The van der Waals surface area contributed by atoms with Crippen molar-refractivity contribution in [2.45, 2.75) is 38.3 Å². The number of aromatic nitrogens is 1. The molecule has 1 saturated carbocycles. The molecule has 23 heavy (non-hydrogen) atoms. The summed E-state index contributed by atoms with van der Waals surface area (Å²) < 4.78 is 0. The van der Waals surface area contributed by atoms with Crippen molar-refractivity contribution >= 4 is 17.2 Å². The lowest BCUT2D eigenvalue weighted by Crippen LogP contribution is -2.27. The third kappa shape index (κ3) is 4.18. The molecule has 1 amide bonds. The summed E-state index contributed by atoms with van der Waals surface area (Å²) in [7, 11) is 4.04. The zero-order valence-electron chi connectivity index (χ0n) is 13.9. The van der Waals surface area contributed by atoms with Crippen LogP contribution in [0.3, 0.4) is 0 Å². The largest absolute Gasteiger partial charge is 0.344 e. The van der Waals surface area contributed by atoms with Gasteiger partial charge in [0.05, 0.1) is 16.7 Å². The van der Waals surface area contributed by atoms with Crippen molar-refractivity contribution < 1.29 is 4.79 Å². The van der Waals surface area contributed by atoms with Crippen LogP contribution in [0.5, 0.6) is 0 Å². The Bertz CT molecular complexity index is 691. The molecular weight excluding hydrogens is 306 g/mol. The van der Waals surface area contributed by atoms with Crippen LogP contribution >= 0.6 is 11.3 Å². The van der Waals surface area contributed by atoms with Crippen LogP contribution in [-0.4, -0.2) is 29.9 Å². The van der Waals surface area contributed by atoms with Crippen LogP contribution < -0.4 is 5.32 Å². The number of nitrogens with zero attached hydrogens (tertiary/aromatic N) is 2. The molecule has 1 N–H and O–H groups in total. The van der Waals surface area contributed by atoms with Crippen molar-refractivity contribution in [1.29, 1.82) is 0 Å². The van der Waals surface area contributed by atoms with Gasteiger partial charge in [-0.1, -0.05) is 12.1 Å². The fourth-order valence-corrected chi connectivity index (χ4v) is 3.63. The first-order valence-corrected chi connectivity index (χ1v) is 8.90. The highest BCUT2D eigenvalue weighted by atomic mass is 32.1. The van der Waals surface area contributed by atoms with Crippen LogP contribution in [0.2, 0.25) is 0 Å². The molecule has 0 aliphatic heterocycles. The summed E-state index contributed by atoms with van der Waals surface area (Å²) in [5.74, 6) is 0.624. The first kappa shape index (κ1) is 16.1. The number of carbonyl (C=O) groups excluding carboxylic acids is 1.